The Balaban J connectivity index is 2.23. The maximum atomic E-state index is 11.3. The van der Waals surface area contributed by atoms with Gasteiger partial charge in [-0.05, 0) is 17.8 Å². The standard InChI is InChI=1S/C11H7N5O4S/c17-9-10(18)15-6-4-8(21-11-12-1-2-13-11)7(16(19)20)3-5(6)14-9/h1-4H,(H,12,13)(H,14,17)(H,15,18). The molecule has 10 heteroatoms. The third-order valence-electron chi connectivity index (χ3n) is 2.68. The van der Waals surface area contributed by atoms with E-state index in [9.17, 15) is 19.7 Å². The van der Waals surface area contributed by atoms with E-state index in [0.29, 0.717) is 15.6 Å². The molecule has 3 aromatic rings. The zero-order chi connectivity index (χ0) is 15.0. The van der Waals surface area contributed by atoms with E-state index in [2.05, 4.69) is 19.9 Å². The number of H-pyrrole nitrogens is 3. The molecule has 0 unspecified atom stereocenters. The van der Waals surface area contributed by atoms with Crippen LogP contribution in [0.4, 0.5) is 5.69 Å². The summed E-state index contributed by atoms with van der Waals surface area (Å²) in [7, 11) is 0. The van der Waals surface area contributed by atoms with Gasteiger partial charge in [0.2, 0.25) is 0 Å². The quantitative estimate of drug-likeness (QED) is 0.375. The predicted octanol–water partition coefficient (Wildman–Crippen LogP) is 0.999. The van der Waals surface area contributed by atoms with Crippen LogP contribution in [0.2, 0.25) is 0 Å². The second-order valence-electron chi connectivity index (χ2n) is 4.03. The number of nitrogens with zero attached hydrogens (tertiary/aromatic N) is 2. The SMILES string of the molecule is O=c1[nH]c2cc(Sc3ncc[nH]3)c([N+](=O)[O-])cc2[nH]c1=O. The molecule has 0 saturated heterocycles. The van der Waals surface area contributed by atoms with E-state index < -0.39 is 16.0 Å². The number of aromatic amines is 3. The van der Waals surface area contributed by atoms with Crippen LogP contribution in [-0.4, -0.2) is 24.9 Å². The molecule has 0 aliphatic carbocycles. The van der Waals surface area contributed by atoms with Crippen molar-refractivity contribution in [2.45, 2.75) is 10.1 Å². The number of rotatable bonds is 3. The average molecular weight is 305 g/mol. The van der Waals surface area contributed by atoms with E-state index in [4.69, 9.17) is 0 Å². The molecule has 0 amide bonds. The summed E-state index contributed by atoms with van der Waals surface area (Å²) in [6.07, 6.45) is 3.11. The fourth-order valence-electron chi connectivity index (χ4n) is 1.77. The summed E-state index contributed by atoms with van der Waals surface area (Å²) in [5.41, 5.74) is -1.37. The lowest BCUT2D eigenvalue weighted by Gasteiger charge is -2.03. The molecule has 0 fully saturated rings. The first-order chi connectivity index (χ1) is 10.0. The van der Waals surface area contributed by atoms with Gasteiger partial charge in [0.1, 0.15) is 0 Å². The average Bonchev–Trinajstić information content (AvgIpc) is 2.92. The fraction of sp³-hybridized carbons (Fsp3) is 0. The van der Waals surface area contributed by atoms with Gasteiger partial charge in [-0.15, -0.1) is 0 Å². The van der Waals surface area contributed by atoms with Crippen molar-refractivity contribution in [1.29, 1.82) is 0 Å². The lowest BCUT2D eigenvalue weighted by Crippen LogP contribution is -2.28. The second-order valence-corrected chi connectivity index (χ2v) is 5.06. The third kappa shape index (κ3) is 2.43. The van der Waals surface area contributed by atoms with Crippen LogP contribution >= 0.6 is 11.8 Å². The number of imidazole rings is 1. The molecule has 0 bridgehead atoms. The van der Waals surface area contributed by atoms with Gasteiger partial charge in [0.15, 0.2) is 5.16 Å². The van der Waals surface area contributed by atoms with Gasteiger partial charge in [0, 0.05) is 18.5 Å². The minimum Gasteiger partial charge on any atom is -0.339 e. The fourth-order valence-corrected chi connectivity index (χ4v) is 2.63. The van der Waals surface area contributed by atoms with E-state index in [1.165, 1.54) is 18.3 Å². The monoisotopic (exact) mass is 305 g/mol. The highest BCUT2D eigenvalue weighted by Crippen LogP contribution is 2.34. The Bertz CT molecular complexity index is 943. The van der Waals surface area contributed by atoms with Crippen LogP contribution in [0.1, 0.15) is 0 Å². The summed E-state index contributed by atoms with van der Waals surface area (Å²) in [4.78, 5) is 44.9. The van der Waals surface area contributed by atoms with Gasteiger partial charge in [-0.2, -0.15) is 0 Å². The zero-order valence-electron chi connectivity index (χ0n) is 10.2. The van der Waals surface area contributed by atoms with Crippen LogP contribution in [0.25, 0.3) is 11.0 Å². The van der Waals surface area contributed by atoms with Crippen molar-refractivity contribution in [3.05, 3.63) is 55.3 Å². The molecule has 9 nitrogen and oxygen atoms in total. The number of nitrogens with one attached hydrogen (secondary N) is 3. The predicted molar refractivity (Wildman–Crippen MR) is 74.6 cm³/mol. The number of aromatic nitrogens is 4. The van der Waals surface area contributed by atoms with Gasteiger partial charge in [-0.1, -0.05) is 0 Å². The number of fused-ring (bicyclic) bond motifs is 1. The highest BCUT2D eigenvalue weighted by atomic mass is 32.2. The molecule has 0 saturated carbocycles. The van der Waals surface area contributed by atoms with Crippen LogP contribution in [0.15, 0.2) is 44.2 Å². The first-order valence-electron chi connectivity index (χ1n) is 5.66. The van der Waals surface area contributed by atoms with Crippen molar-refractivity contribution < 1.29 is 4.92 Å². The molecule has 1 aromatic carbocycles. The van der Waals surface area contributed by atoms with Gasteiger partial charge < -0.3 is 15.0 Å². The normalized spacial score (nSPS) is 10.9. The Labute approximate surface area is 119 Å². The summed E-state index contributed by atoms with van der Waals surface area (Å²) >= 11 is 1.05. The van der Waals surface area contributed by atoms with Crippen molar-refractivity contribution in [1.82, 2.24) is 19.9 Å². The van der Waals surface area contributed by atoms with Gasteiger partial charge >= 0.3 is 11.1 Å². The van der Waals surface area contributed by atoms with Crippen LogP contribution < -0.4 is 11.1 Å². The van der Waals surface area contributed by atoms with Crippen molar-refractivity contribution in [2.75, 3.05) is 0 Å². The van der Waals surface area contributed by atoms with Crippen LogP contribution in [-0.2, 0) is 0 Å². The lowest BCUT2D eigenvalue weighted by atomic mass is 10.2. The maximum absolute atomic E-state index is 11.3. The Kier molecular flexibility index (Phi) is 3.06. The zero-order valence-corrected chi connectivity index (χ0v) is 11.1. The molecule has 106 valence electrons. The van der Waals surface area contributed by atoms with E-state index >= 15 is 0 Å². The molecule has 2 heterocycles. The molecule has 0 aliphatic heterocycles. The van der Waals surface area contributed by atoms with Gasteiger partial charge in [0.25, 0.3) is 5.69 Å². The Morgan fingerprint density at radius 1 is 1.14 bits per heavy atom. The number of nitro groups is 1. The first kappa shape index (κ1) is 13.1. The van der Waals surface area contributed by atoms with Crippen LogP contribution in [0.5, 0.6) is 0 Å². The Morgan fingerprint density at radius 3 is 2.38 bits per heavy atom. The molecule has 21 heavy (non-hydrogen) atoms. The second kappa shape index (κ2) is 4.90. The maximum Gasteiger partial charge on any atom is 0.314 e. The summed E-state index contributed by atoms with van der Waals surface area (Å²) in [5.74, 6) is 0. The molecule has 3 rings (SSSR count). The van der Waals surface area contributed by atoms with Crippen LogP contribution in [0, 0.1) is 10.1 Å². The first-order valence-corrected chi connectivity index (χ1v) is 6.48. The van der Waals surface area contributed by atoms with Crippen molar-refractivity contribution in [2.24, 2.45) is 0 Å². The molecule has 0 atom stereocenters. The molecule has 3 N–H and O–H groups in total. The Morgan fingerprint density at radius 2 is 1.81 bits per heavy atom. The summed E-state index contributed by atoms with van der Waals surface area (Å²) in [5, 5.41) is 11.6. The van der Waals surface area contributed by atoms with E-state index in [1.54, 1.807) is 6.20 Å². The van der Waals surface area contributed by atoms with Gasteiger partial charge in [-0.3, -0.25) is 19.7 Å². The molecule has 2 aromatic heterocycles. The largest absolute Gasteiger partial charge is 0.339 e. The van der Waals surface area contributed by atoms with E-state index in [1.807, 2.05) is 0 Å². The molecular weight excluding hydrogens is 298 g/mol. The number of nitro benzene ring substituents is 1. The van der Waals surface area contributed by atoms with Crippen molar-refractivity contribution >= 4 is 28.5 Å². The van der Waals surface area contributed by atoms with Gasteiger partial charge in [0.05, 0.1) is 20.9 Å². The number of hydrogen-bond acceptors (Lipinski definition) is 6. The Hall–Kier alpha value is -2.88. The molecule has 0 radical (unpaired) electrons. The molecular formula is C11H7N5O4S. The highest BCUT2D eigenvalue weighted by molar-refractivity contribution is 7.99. The molecule has 0 aliphatic rings. The van der Waals surface area contributed by atoms with Crippen LogP contribution in [0.3, 0.4) is 0 Å². The lowest BCUT2D eigenvalue weighted by molar-refractivity contribution is -0.387. The summed E-state index contributed by atoms with van der Waals surface area (Å²) in [6, 6.07) is 2.63. The smallest absolute Gasteiger partial charge is 0.314 e. The minimum atomic E-state index is -0.858. The summed E-state index contributed by atoms with van der Waals surface area (Å²) in [6.45, 7) is 0. The van der Waals surface area contributed by atoms with E-state index in [-0.39, 0.29) is 11.2 Å². The highest BCUT2D eigenvalue weighted by Gasteiger charge is 2.18. The number of benzene rings is 1. The molecule has 0 spiro atoms. The summed E-state index contributed by atoms with van der Waals surface area (Å²) < 4.78 is 0. The van der Waals surface area contributed by atoms with Crippen molar-refractivity contribution in [3.63, 3.8) is 0 Å². The minimum absolute atomic E-state index is 0.188. The van der Waals surface area contributed by atoms with Gasteiger partial charge in [-0.25, -0.2) is 4.98 Å². The number of hydrogen-bond donors (Lipinski definition) is 3. The third-order valence-corrected chi connectivity index (χ3v) is 3.64. The topological polar surface area (TPSA) is 138 Å². The van der Waals surface area contributed by atoms with E-state index in [0.717, 1.165) is 11.8 Å². The van der Waals surface area contributed by atoms with Crippen molar-refractivity contribution in [3.8, 4) is 0 Å².